The van der Waals surface area contributed by atoms with E-state index in [0.29, 0.717) is 31.4 Å². The molecule has 5 rings (SSSR count). The third-order valence-corrected chi connectivity index (χ3v) is 8.72. The average molecular weight is 602 g/mol. The van der Waals surface area contributed by atoms with Gasteiger partial charge in [-0.2, -0.15) is 8.78 Å². The number of hydrogen-bond donors (Lipinski definition) is 1. The van der Waals surface area contributed by atoms with E-state index in [9.17, 15) is 19.2 Å². The summed E-state index contributed by atoms with van der Waals surface area (Å²) in [4.78, 5) is 56.0. The smallest absolute Gasteiger partial charge is 0.344 e. The Bertz CT molecular complexity index is 1430. The number of alkyl halides is 2. The number of amides is 3. The first-order chi connectivity index (χ1) is 21.2. The highest BCUT2D eigenvalue weighted by molar-refractivity contribution is 6.11. The number of carbonyl (C=O) groups is 4. The summed E-state index contributed by atoms with van der Waals surface area (Å²) in [5.41, 5.74) is 2.57. The zero-order valence-electron chi connectivity index (χ0n) is 24.7. The summed E-state index contributed by atoms with van der Waals surface area (Å²) >= 11 is 0. The maximum Gasteiger partial charge on any atom is 0.383 e. The van der Waals surface area contributed by atoms with Crippen LogP contribution in [0.2, 0.25) is 0 Å². The number of hydrogen-bond acceptors (Lipinski definition) is 4. The van der Waals surface area contributed by atoms with Crippen molar-refractivity contribution in [2.75, 3.05) is 13.1 Å². The van der Waals surface area contributed by atoms with E-state index >= 15 is 8.78 Å². The van der Waals surface area contributed by atoms with Crippen LogP contribution in [-0.2, 0) is 19.2 Å². The molecule has 0 radical (unpaired) electrons. The van der Waals surface area contributed by atoms with Crippen molar-refractivity contribution in [1.82, 2.24) is 15.1 Å². The fourth-order valence-electron chi connectivity index (χ4n) is 6.34. The van der Waals surface area contributed by atoms with Gasteiger partial charge in [-0.25, -0.2) is 0 Å². The second kappa shape index (κ2) is 13.5. The van der Waals surface area contributed by atoms with Crippen molar-refractivity contribution in [3.05, 3.63) is 108 Å². The van der Waals surface area contributed by atoms with Gasteiger partial charge in [0.2, 0.25) is 17.6 Å². The van der Waals surface area contributed by atoms with Gasteiger partial charge in [-0.3, -0.25) is 19.2 Å². The summed E-state index contributed by atoms with van der Waals surface area (Å²) in [5.74, 6) is -8.55. The van der Waals surface area contributed by atoms with Crippen LogP contribution in [0.3, 0.4) is 0 Å². The summed E-state index contributed by atoms with van der Waals surface area (Å²) < 4.78 is 30.5. The van der Waals surface area contributed by atoms with Gasteiger partial charge in [0, 0.05) is 25.4 Å². The lowest BCUT2D eigenvalue weighted by Gasteiger charge is -2.32. The third kappa shape index (κ3) is 6.56. The van der Waals surface area contributed by atoms with Crippen LogP contribution in [0.5, 0.6) is 0 Å². The number of benzene rings is 3. The van der Waals surface area contributed by atoms with Gasteiger partial charge >= 0.3 is 5.92 Å². The van der Waals surface area contributed by atoms with Crippen LogP contribution >= 0.6 is 0 Å². The number of nitrogens with one attached hydrogen (secondary N) is 1. The predicted molar refractivity (Wildman–Crippen MR) is 162 cm³/mol. The van der Waals surface area contributed by atoms with Crippen molar-refractivity contribution >= 4 is 23.5 Å². The standard InChI is InChI=1S/C35H37F2N3O4/c1-24(25-13-5-2-6-14-25)38-34(44)35(36,37)32(42)29-19-11-22-40(29)33(43)30-20-12-21-39(30)31(41)23-28(26-15-7-3-8-16-26)27-17-9-4-10-18-27/h2-10,13-18,24,28-30H,11-12,19-23H2,1H3,(H,38,44)/t24-,29?,30-/m1/s1. The molecule has 7 nitrogen and oxygen atoms in total. The van der Waals surface area contributed by atoms with E-state index in [2.05, 4.69) is 5.32 Å². The molecule has 3 aromatic rings. The summed E-state index contributed by atoms with van der Waals surface area (Å²) in [5, 5.41) is 2.24. The number of likely N-dealkylation sites (tertiary alicyclic amines) is 2. The lowest BCUT2D eigenvalue weighted by atomic mass is 9.88. The molecule has 3 atom stereocenters. The van der Waals surface area contributed by atoms with Gasteiger partial charge in [-0.15, -0.1) is 0 Å². The molecular weight excluding hydrogens is 564 g/mol. The minimum Gasteiger partial charge on any atom is -0.344 e. The molecule has 2 saturated heterocycles. The maximum atomic E-state index is 15.3. The normalized spacial score (nSPS) is 19.2. The number of carbonyl (C=O) groups excluding carboxylic acids is 4. The van der Waals surface area contributed by atoms with E-state index in [-0.39, 0.29) is 31.2 Å². The van der Waals surface area contributed by atoms with Gasteiger partial charge in [-0.05, 0) is 49.3 Å². The fraction of sp³-hybridized carbons (Fsp3) is 0.371. The Hall–Kier alpha value is -4.40. The van der Waals surface area contributed by atoms with Gasteiger partial charge in [0.15, 0.2) is 0 Å². The molecule has 9 heteroatoms. The first-order valence-electron chi connectivity index (χ1n) is 15.2. The van der Waals surface area contributed by atoms with Crippen LogP contribution in [0.15, 0.2) is 91.0 Å². The lowest BCUT2D eigenvalue weighted by molar-refractivity contribution is -0.164. The average Bonchev–Trinajstić information content (AvgIpc) is 3.75. The van der Waals surface area contributed by atoms with E-state index in [1.165, 1.54) is 4.90 Å². The molecule has 44 heavy (non-hydrogen) atoms. The Morgan fingerprint density at radius 2 is 1.23 bits per heavy atom. The monoisotopic (exact) mass is 601 g/mol. The Morgan fingerprint density at radius 3 is 1.77 bits per heavy atom. The molecule has 230 valence electrons. The second-order valence-electron chi connectivity index (χ2n) is 11.6. The fourth-order valence-corrected chi connectivity index (χ4v) is 6.34. The van der Waals surface area contributed by atoms with Crippen molar-refractivity contribution in [3.63, 3.8) is 0 Å². The molecule has 1 N–H and O–H groups in total. The zero-order chi connectivity index (χ0) is 31.3. The minimum atomic E-state index is -4.32. The van der Waals surface area contributed by atoms with Crippen LogP contribution < -0.4 is 5.32 Å². The lowest BCUT2D eigenvalue weighted by Crippen LogP contribution is -2.56. The Morgan fingerprint density at radius 1 is 0.750 bits per heavy atom. The summed E-state index contributed by atoms with van der Waals surface area (Å²) in [6.07, 6.45) is 1.50. The van der Waals surface area contributed by atoms with E-state index in [1.54, 1.807) is 37.3 Å². The molecule has 2 fully saturated rings. The molecule has 0 saturated carbocycles. The molecular formula is C35H37F2N3O4. The van der Waals surface area contributed by atoms with Crippen molar-refractivity contribution < 1.29 is 28.0 Å². The summed E-state index contributed by atoms with van der Waals surface area (Å²) in [7, 11) is 0. The minimum absolute atomic E-state index is 0.0342. The van der Waals surface area contributed by atoms with Crippen molar-refractivity contribution in [3.8, 4) is 0 Å². The van der Waals surface area contributed by atoms with E-state index in [1.807, 2.05) is 60.7 Å². The molecule has 0 spiro atoms. The molecule has 0 aliphatic carbocycles. The first kappa shape index (κ1) is 31.0. The van der Waals surface area contributed by atoms with Gasteiger partial charge < -0.3 is 15.1 Å². The molecule has 1 unspecified atom stereocenters. The largest absolute Gasteiger partial charge is 0.383 e. The van der Waals surface area contributed by atoms with Gasteiger partial charge in [0.25, 0.3) is 5.91 Å². The molecule has 0 bridgehead atoms. The van der Waals surface area contributed by atoms with Crippen molar-refractivity contribution in [2.24, 2.45) is 0 Å². The number of halogens is 2. The number of ketones is 1. The Labute approximate surface area is 256 Å². The molecule has 0 aromatic heterocycles. The SMILES string of the molecule is C[C@@H](NC(=O)C(F)(F)C(=O)C1CCCN1C(=O)[C@H]1CCCN1C(=O)CC(c1ccccc1)c1ccccc1)c1ccccc1. The maximum absolute atomic E-state index is 15.3. The van der Waals surface area contributed by atoms with Crippen LogP contribution in [0.4, 0.5) is 8.78 Å². The quantitative estimate of drug-likeness (QED) is 0.321. The topological polar surface area (TPSA) is 86.8 Å². The predicted octanol–water partition coefficient (Wildman–Crippen LogP) is 5.27. The van der Waals surface area contributed by atoms with Crippen LogP contribution in [0.25, 0.3) is 0 Å². The van der Waals surface area contributed by atoms with Crippen molar-refractivity contribution in [1.29, 1.82) is 0 Å². The molecule has 3 aromatic carbocycles. The van der Waals surface area contributed by atoms with Crippen LogP contribution in [-0.4, -0.2) is 64.4 Å². The second-order valence-corrected chi connectivity index (χ2v) is 11.6. The van der Waals surface area contributed by atoms with E-state index in [0.717, 1.165) is 16.0 Å². The summed E-state index contributed by atoms with van der Waals surface area (Å²) in [6, 6.07) is 24.9. The highest BCUT2D eigenvalue weighted by atomic mass is 19.3. The molecule has 3 amide bonds. The van der Waals surface area contributed by atoms with Gasteiger partial charge in [-0.1, -0.05) is 91.0 Å². The molecule has 2 heterocycles. The van der Waals surface area contributed by atoms with E-state index < -0.39 is 41.6 Å². The number of Topliss-reactive ketones (excluding diaryl/α,β-unsaturated/α-hetero) is 1. The summed E-state index contributed by atoms with van der Waals surface area (Å²) in [6.45, 7) is 2.04. The van der Waals surface area contributed by atoms with Crippen molar-refractivity contribution in [2.45, 2.75) is 69.0 Å². The third-order valence-electron chi connectivity index (χ3n) is 8.72. The van der Waals surface area contributed by atoms with Crippen LogP contribution in [0, 0.1) is 0 Å². The highest BCUT2D eigenvalue weighted by Crippen LogP contribution is 2.33. The first-order valence-corrected chi connectivity index (χ1v) is 15.2. The van der Waals surface area contributed by atoms with Gasteiger partial charge in [0.05, 0.1) is 12.1 Å². The van der Waals surface area contributed by atoms with Crippen LogP contribution in [0.1, 0.15) is 67.7 Å². The van der Waals surface area contributed by atoms with Gasteiger partial charge in [0.1, 0.15) is 6.04 Å². The Balaban J connectivity index is 1.28. The molecule has 2 aliphatic rings. The Kier molecular flexibility index (Phi) is 9.52. The highest BCUT2D eigenvalue weighted by Gasteiger charge is 2.54. The number of rotatable bonds is 10. The zero-order valence-corrected chi connectivity index (χ0v) is 24.7. The van der Waals surface area contributed by atoms with E-state index in [4.69, 9.17) is 0 Å². The molecule has 2 aliphatic heterocycles. The number of nitrogens with zero attached hydrogens (tertiary/aromatic N) is 2.